The van der Waals surface area contributed by atoms with Gasteiger partial charge in [0.15, 0.2) is 0 Å². The molecule has 0 saturated heterocycles. The molecule has 1 aromatic heterocycles. The number of rotatable bonds is 4. The fourth-order valence-corrected chi connectivity index (χ4v) is 3.34. The zero-order chi connectivity index (χ0) is 20.6. The fourth-order valence-electron chi connectivity index (χ4n) is 3.15. The number of nitrogens with zero attached hydrogens (tertiary/aromatic N) is 2. The molecule has 2 aromatic carbocycles. The first kappa shape index (κ1) is 19.6. The maximum Gasteiger partial charge on any atom is 0.267 e. The predicted octanol–water partition coefficient (Wildman–Crippen LogP) is 3.54. The molecule has 1 N–H and O–H groups in total. The van der Waals surface area contributed by atoms with E-state index < -0.39 is 34.4 Å². The molecule has 0 bridgehead atoms. The molecule has 0 aliphatic heterocycles. The van der Waals surface area contributed by atoms with Gasteiger partial charge in [0.05, 0.1) is 11.2 Å². The Morgan fingerprint density at radius 2 is 2.00 bits per heavy atom. The molecular formula is C20H16F2N2O3S. The van der Waals surface area contributed by atoms with E-state index in [-0.39, 0.29) is 17.6 Å². The van der Waals surface area contributed by atoms with E-state index in [1.165, 1.54) is 17.0 Å². The molecule has 28 heavy (non-hydrogen) atoms. The minimum absolute atomic E-state index is 0.00315. The Morgan fingerprint density at radius 1 is 1.29 bits per heavy atom. The van der Waals surface area contributed by atoms with Crippen molar-refractivity contribution >= 4 is 40.1 Å². The molecule has 0 radical (unpaired) electrons. The molecule has 1 heterocycles. The molecule has 8 heteroatoms. The Hall–Kier alpha value is -3.13. The molecule has 0 fully saturated rings. The summed E-state index contributed by atoms with van der Waals surface area (Å²) in [5, 5.41) is 12.3. The Bertz CT molecular complexity index is 1170. The van der Waals surface area contributed by atoms with Crippen molar-refractivity contribution in [3.8, 4) is 5.75 Å². The van der Waals surface area contributed by atoms with Crippen LogP contribution in [0.3, 0.4) is 0 Å². The van der Waals surface area contributed by atoms with Crippen LogP contribution in [0.15, 0.2) is 41.2 Å². The molecule has 1 amide bonds. The van der Waals surface area contributed by atoms with Gasteiger partial charge in [0, 0.05) is 30.4 Å². The second-order valence-electron chi connectivity index (χ2n) is 6.09. The molecule has 5 nitrogen and oxygen atoms in total. The number of aromatic nitrogens is 1. The van der Waals surface area contributed by atoms with Gasteiger partial charge in [0.2, 0.25) is 0 Å². The lowest BCUT2D eigenvalue weighted by Gasteiger charge is -2.23. The molecule has 0 unspecified atom stereocenters. The number of anilines is 1. The summed E-state index contributed by atoms with van der Waals surface area (Å²) < 4.78 is 28.7. The molecule has 3 aromatic rings. The van der Waals surface area contributed by atoms with E-state index in [4.69, 9.17) is 12.2 Å². The molecule has 0 spiro atoms. The van der Waals surface area contributed by atoms with Gasteiger partial charge < -0.3 is 14.6 Å². The Morgan fingerprint density at radius 3 is 2.61 bits per heavy atom. The number of benzene rings is 2. The van der Waals surface area contributed by atoms with E-state index in [1.807, 2.05) is 0 Å². The zero-order valence-corrected chi connectivity index (χ0v) is 15.9. The summed E-state index contributed by atoms with van der Waals surface area (Å²) in [4.78, 5) is 26.9. The van der Waals surface area contributed by atoms with Gasteiger partial charge >= 0.3 is 0 Å². The highest BCUT2D eigenvalue weighted by Crippen LogP contribution is 2.31. The molecule has 0 aliphatic carbocycles. The van der Waals surface area contributed by atoms with E-state index in [0.717, 1.165) is 17.0 Å². The Balaban J connectivity index is 2.29. The number of amides is 1. The number of carbonyl (C=O) groups excluding carboxylic acids is 1. The molecule has 0 aliphatic rings. The number of pyridine rings is 1. The minimum atomic E-state index is -0.952. The molecule has 0 atom stereocenters. The highest BCUT2D eigenvalue weighted by atomic mass is 32.1. The summed E-state index contributed by atoms with van der Waals surface area (Å²) in [6.45, 7) is 1.57. The lowest BCUT2D eigenvalue weighted by Crippen LogP contribution is -2.37. The van der Waals surface area contributed by atoms with Crippen LogP contribution in [0.2, 0.25) is 0 Å². The van der Waals surface area contributed by atoms with Crippen molar-refractivity contribution in [2.24, 2.45) is 7.05 Å². The van der Waals surface area contributed by atoms with E-state index in [2.05, 4.69) is 0 Å². The largest absolute Gasteiger partial charge is 0.506 e. The second kappa shape index (κ2) is 7.47. The van der Waals surface area contributed by atoms with Crippen molar-refractivity contribution in [3.63, 3.8) is 0 Å². The average Bonchev–Trinajstić information content (AvgIpc) is 2.67. The maximum atomic E-state index is 14.2. The number of carbonyl (C=O) groups is 1. The van der Waals surface area contributed by atoms with Crippen LogP contribution in [-0.4, -0.2) is 27.5 Å². The van der Waals surface area contributed by atoms with Crippen LogP contribution in [0.25, 0.3) is 10.9 Å². The highest BCUT2D eigenvalue weighted by Gasteiger charge is 2.28. The minimum Gasteiger partial charge on any atom is -0.506 e. The summed E-state index contributed by atoms with van der Waals surface area (Å²) in [6, 6.07) is 7.70. The van der Waals surface area contributed by atoms with Crippen LogP contribution in [0.1, 0.15) is 22.8 Å². The molecule has 0 saturated carbocycles. The third kappa shape index (κ3) is 3.05. The summed E-state index contributed by atoms with van der Waals surface area (Å²) in [5.74, 6) is -3.17. The third-order valence-corrected chi connectivity index (χ3v) is 4.78. The van der Waals surface area contributed by atoms with Crippen molar-refractivity contribution in [2.45, 2.75) is 6.92 Å². The SMILES string of the molecule is CCN(C(=O)c1c(O)c2c(C=S)cccc2n(C)c1=O)c1ccc(F)cc1F. The first-order valence-electron chi connectivity index (χ1n) is 8.38. The van der Waals surface area contributed by atoms with Crippen molar-refractivity contribution < 1.29 is 18.7 Å². The third-order valence-electron chi connectivity index (χ3n) is 4.53. The van der Waals surface area contributed by atoms with Crippen LogP contribution in [-0.2, 0) is 7.05 Å². The van der Waals surface area contributed by atoms with Crippen molar-refractivity contribution in [3.05, 3.63) is 69.5 Å². The van der Waals surface area contributed by atoms with Gasteiger partial charge in [0.25, 0.3) is 11.5 Å². The summed E-state index contributed by atoms with van der Waals surface area (Å²) in [5.41, 5.74) is -0.583. The molecule has 144 valence electrons. The monoisotopic (exact) mass is 402 g/mol. The number of aryl methyl sites for hydroxylation is 1. The van der Waals surface area contributed by atoms with E-state index >= 15 is 0 Å². The first-order chi connectivity index (χ1) is 13.3. The van der Waals surface area contributed by atoms with Crippen molar-refractivity contribution in [1.29, 1.82) is 0 Å². The van der Waals surface area contributed by atoms with Gasteiger partial charge in [0.1, 0.15) is 22.9 Å². The topological polar surface area (TPSA) is 62.5 Å². The number of hydrogen-bond donors (Lipinski definition) is 1. The van der Waals surface area contributed by atoms with Gasteiger partial charge in [-0.15, -0.1) is 0 Å². The first-order valence-corrected chi connectivity index (χ1v) is 8.85. The van der Waals surface area contributed by atoms with Gasteiger partial charge in [-0.05, 0) is 30.7 Å². The van der Waals surface area contributed by atoms with Crippen LogP contribution >= 0.6 is 12.2 Å². The van der Waals surface area contributed by atoms with Crippen molar-refractivity contribution in [1.82, 2.24) is 4.57 Å². The summed E-state index contributed by atoms with van der Waals surface area (Å²) in [6.07, 6.45) is 0. The van der Waals surface area contributed by atoms with Gasteiger partial charge in [-0.25, -0.2) is 8.78 Å². The van der Waals surface area contributed by atoms with Crippen LogP contribution in [0, 0.1) is 11.6 Å². The predicted molar refractivity (Wildman–Crippen MR) is 107 cm³/mol. The van der Waals surface area contributed by atoms with E-state index in [0.29, 0.717) is 17.1 Å². The number of halogens is 2. The van der Waals surface area contributed by atoms with E-state index in [9.17, 15) is 23.5 Å². The fraction of sp³-hybridized carbons (Fsp3) is 0.150. The lowest BCUT2D eigenvalue weighted by atomic mass is 10.0. The number of hydrogen-bond acceptors (Lipinski definition) is 4. The highest BCUT2D eigenvalue weighted by molar-refractivity contribution is 7.79. The summed E-state index contributed by atoms with van der Waals surface area (Å²) >= 11 is 4.97. The average molecular weight is 402 g/mol. The second-order valence-corrected chi connectivity index (χ2v) is 6.33. The Labute approximate surface area is 164 Å². The van der Waals surface area contributed by atoms with E-state index in [1.54, 1.807) is 25.1 Å². The normalized spacial score (nSPS) is 10.9. The van der Waals surface area contributed by atoms with Crippen LogP contribution < -0.4 is 10.5 Å². The smallest absolute Gasteiger partial charge is 0.267 e. The molecule has 3 rings (SSSR count). The number of aromatic hydroxyl groups is 1. The Kier molecular flexibility index (Phi) is 5.24. The zero-order valence-electron chi connectivity index (χ0n) is 15.1. The van der Waals surface area contributed by atoms with Gasteiger partial charge in [-0.3, -0.25) is 9.59 Å². The summed E-state index contributed by atoms with van der Waals surface area (Å²) in [7, 11) is 1.46. The van der Waals surface area contributed by atoms with Gasteiger partial charge in [-0.1, -0.05) is 24.4 Å². The molecular weight excluding hydrogens is 386 g/mol. The number of fused-ring (bicyclic) bond motifs is 1. The standard InChI is InChI=1S/C20H16F2N2O3S/c1-3-24(14-8-7-12(21)9-13(14)22)20(27)17-18(25)16-11(10-28)5-4-6-15(16)23(2)19(17)26/h4-10,25H,3H2,1-2H3. The van der Waals surface area contributed by atoms with Gasteiger partial charge in [-0.2, -0.15) is 0 Å². The number of thiocarbonyl (C=S) groups is 1. The van der Waals surface area contributed by atoms with Crippen molar-refractivity contribution in [2.75, 3.05) is 11.4 Å². The quantitative estimate of drug-likeness (QED) is 0.678. The van der Waals surface area contributed by atoms with Crippen LogP contribution in [0.4, 0.5) is 14.5 Å². The lowest BCUT2D eigenvalue weighted by molar-refractivity contribution is 0.0983. The van der Waals surface area contributed by atoms with Crippen LogP contribution in [0.5, 0.6) is 5.75 Å². The maximum absolute atomic E-state index is 14.2.